The number of aromatic hydroxyl groups is 1. The predicted molar refractivity (Wildman–Crippen MR) is 76.6 cm³/mol. The summed E-state index contributed by atoms with van der Waals surface area (Å²) < 4.78 is 1.90. The van der Waals surface area contributed by atoms with E-state index in [9.17, 15) is 9.90 Å². The van der Waals surface area contributed by atoms with E-state index in [1.165, 1.54) is 6.92 Å². The van der Waals surface area contributed by atoms with Gasteiger partial charge >= 0.3 is 0 Å². The lowest BCUT2D eigenvalue weighted by Crippen LogP contribution is -2.07. The minimum absolute atomic E-state index is 0.173. The number of nitrogens with one attached hydrogen (secondary N) is 1. The van der Waals surface area contributed by atoms with Gasteiger partial charge < -0.3 is 10.4 Å². The Morgan fingerprint density at radius 1 is 1.20 bits per heavy atom. The first-order valence-electron chi connectivity index (χ1n) is 6.19. The zero-order valence-corrected chi connectivity index (χ0v) is 10.9. The molecule has 0 saturated carbocycles. The predicted octanol–water partition coefficient (Wildman–Crippen LogP) is 2.67. The molecule has 0 aliphatic heterocycles. The number of carbonyl (C=O) groups is 1. The van der Waals surface area contributed by atoms with Gasteiger partial charge in [-0.1, -0.05) is 6.07 Å². The SMILES string of the molecule is CC(=O)Nc1nc2ccccn2c1-c1ccc(O)cc1. The van der Waals surface area contributed by atoms with E-state index in [-0.39, 0.29) is 11.7 Å². The molecule has 2 N–H and O–H groups in total. The molecule has 0 saturated heterocycles. The van der Waals surface area contributed by atoms with Crippen molar-refractivity contribution in [1.82, 2.24) is 9.38 Å². The normalized spacial score (nSPS) is 10.7. The fourth-order valence-electron chi connectivity index (χ4n) is 2.14. The average Bonchev–Trinajstić information content (AvgIpc) is 2.77. The standard InChI is InChI=1S/C15H13N3O2/c1-10(19)16-15-14(11-5-7-12(20)8-6-11)18-9-3-2-4-13(18)17-15/h2-9,20H,1H3,(H,16,19). The topological polar surface area (TPSA) is 66.6 Å². The van der Waals surface area contributed by atoms with Crippen molar-refractivity contribution in [3.05, 3.63) is 48.7 Å². The number of anilines is 1. The molecule has 1 amide bonds. The van der Waals surface area contributed by atoms with Gasteiger partial charge in [0.2, 0.25) is 5.91 Å². The number of aromatic nitrogens is 2. The monoisotopic (exact) mass is 267 g/mol. The molecule has 0 aliphatic carbocycles. The average molecular weight is 267 g/mol. The minimum atomic E-state index is -0.173. The zero-order valence-electron chi connectivity index (χ0n) is 10.9. The lowest BCUT2D eigenvalue weighted by atomic mass is 10.1. The lowest BCUT2D eigenvalue weighted by Gasteiger charge is -2.05. The van der Waals surface area contributed by atoms with E-state index in [2.05, 4.69) is 10.3 Å². The molecule has 0 spiro atoms. The first-order valence-corrected chi connectivity index (χ1v) is 6.19. The van der Waals surface area contributed by atoms with Crippen LogP contribution in [-0.2, 0) is 4.79 Å². The summed E-state index contributed by atoms with van der Waals surface area (Å²) in [7, 11) is 0. The maximum absolute atomic E-state index is 11.3. The van der Waals surface area contributed by atoms with Crippen LogP contribution >= 0.6 is 0 Å². The van der Waals surface area contributed by atoms with Crippen LogP contribution in [0.5, 0.6) is 5.75 Å². The Bertz CT molecular complexity index is 775. The summed E-state index contributed by atoms with van der Waals surface area (Å²) in [5, 5.41) is 12.1. The van der Waals surface area contributed by atoms with Gasteiger partial charge in [0, 0.05) is 18.7 Å². The maximum Gasteiger partial charge on any atom is 0.222 e. The van der Waals surface area contributed by atoms with Crippen molar-refractivity contribution < 1.29 is 9.90 Å². The van der Waals surface area contributed by atoms with Gasteiger partial charge in [0.15, 0.2) is 5.82 Å². The summed E-state index contributed by atoms with van der Waals surface area (Å²) in [6.07, 6.45) is 1.88. The fourth-order valence-corrected chi connectivity index (χ4v) is 2.14. The Kier molecular flexibility index (Phi) is 2.87. The summed E-state index contributed by atoms with van der Waals surface area (Å²) in [6.45, 7) is 1.45. The van der Waals surface area contributed by atoms with Crippen molar-refractivity contribution in [3.63, 3.8) is 0 Å². The number of amides is 1. The number of phenolic OH excluding ortho intramolecular Hbond substituents is 1. The molecule has 0 aliphatic rings. The number of hydrogen-bond acceptors (Lipinski definition) is 3. The molecular weight excluding hydrogens is 254 g/mol. The number of pyridine rings is 1. The van der Waals surface area contributed by atoms with Gasteiger partial charge in [0.1, 0.15) is 11.4 Å². The molecule has 0 fully saturated rings. The van der Waals surface area contributed by atoms with Crippen LogP contribution in [0.15, 0.2) is 48.7 Å². The van der Waals surface area contributed by atoms with Crippen molar-refractivity contribution in [2.24, 2.45) is 0 Å². The number of phenols is 1. The van der Waals surface area contributed by atoms with Crippen LogP contribution in [0.1, 0.15) is 6.92 Å². The van der Waals surface area contributed by atoms with Gasteiger partial charge in [0.25, 0.3) is 0 Å². The number of hydrogen-bond donors (Lipinski definition) is 2. The van der Waals surface area contributed by atoms with Gasteiger partial charge in [0.05, 0.1) is 5.69 Å². The van der Waals surface area contributed by atoms with Crippen LogP contribution in [0.2, 0.25) is 0 Å². The largest absolute Gasteiger partial charge is 0.508 e. The first kappa shape index (κ1) is 12.2. The zero-order chi connectivity index (χ0) is 14.1. The van der Waals surface area contributed by atoms with Gasteiger partial charge in [-0.3, -0.25) is 9.20 Å². The summed E-state index contributed by atoms with van der Waals surface area (Å²) in [4.78, 5) is 15.7. The third-order valence-corrected chi connectivity index (χ3v) is 2.97. The van der Waals surface area contributed by atoms with E-state index in [1.807, 2.05) is 28.8 Å². The van der Waals surface area contributed by atoms with Crippen molar-refractivity contribution in [3.8, 4) is 17.0 Å². The van der Waals surface area contributed by atoms with Gasteiger partial charge in [-0.2, -0.15) is 0 Å². The van der Waals surface area contributed by atoms with Crippen LogP contribution in [0.3, 0.4) is 0 Å². The van der Waals surface area contributed by atoms with E-state index >= 15 is 0 Å². The summed E-state index contributed by atoms with van der Waals surface area (Å²) in [5.41, 5.74) is 2.40. The third kappa shape index (κ3) is 2.09. The lowest BCUT2D eigenvalue weighted by molar-refractivity contribution is -0.114. The van der Waals surface area contributed by atoms with Crippen molar-refractivity contribution >= 4 is 17.4 Å². The Morgan fingerprint density at radius 3 is 2.65 bits per heavy atom. The second-order valence-electron chi connectivity index (χ2n) is 4.47. The fraction of sp³-hybridized carbons (Fsp3) is 0.0667. The highest BCUT2D eigenvalue weighted by molar-refractivity contribution is 5.93. The van der Waals surface area contributed by atoms with Crippen LogP contribution in [0, 0.1) is 0 Å². The van der Waals surface area contributed by atoms with Gasteiger partial charge in [-0.25, -0.2) is 4.98 Å². The van der Waals surface area contributed by atoms with Crippen LogP contribution in [0.4, 0.5) is 5.82 Å². The molecule has 100 valence electrons. The Labute approximate surface area is 115 Å². The molecule has 20 heavy (non-hydrogen) atoms. The van der Waals surface area contributed by atoms with Crippen molar-refractivity contribution in [2.45, 2.75) is 6.92 Å². The number of fused-ring (bicyclic) bond motifs is 1. The summed E-state index contributed by atoms with van der Waals surface area (Å²) in [6, 6.07) is 12.4. The maximum atomic E-state index is 11.3. The van der Waals surface area contributed by atoms with Gasteiger partial charge in [-0.15, -0.1) is 0 Å². The van der Waals surface area contributed by atoms with Crippen LogP contribution in [0.25, 0.3) is 16.9 Å². The highest BCUT2D eigenvalue weighted by Crippen LogP contribution is 2.30. The first-order chi connectivity index (χ1) is 9.65. The molecule has 1 aromatic carbocycles. The highest BCUT2D eigenvalue weighted by Gasteiger charge is 2.14. The quantitative estimate of drug-likeness (QED) is 0.750. The van der Waals surface area contributed by atoms with E-state index in [4.69, 9.17) is 0 Å². The highest BCUT2D eigenvalue weighted by atomic mass is 16.3. The van der Waals surface area contributed by atoms with E-state index in [0.29, 0.717) is 5.82 Å². The number of benzene rings is 1. The molecule has 2 aromatic heterocycles. The molecule has 0 unspecified atom stereocenters. The smallest absolute Gasteiger partial charge is 0.222 e. The molecule has 3 aromatic rings. The minimum Gasteiger partial charge on any atom is -0.508 e. The van der Waals surface area contributed by atoms with Crippen molar-refractivity contribution in [1.29, 1.82) is 0 Å². The Balaban J connectivity index is 2.25. The number of rotatable bonds is 2. The molecule has 2 heterocycles. The molecule has 3 rings (SSSR count). The Morgan fingerprint density at radius 2 is 1.95 bits per heavy atom. The van der Waals surface area contributed by atoms with E-state index in [1.54, 1.807) is 24.3 Å². The number of nitrogens with zero attached hydrogens (tertiary/aromatic N) is 2. The van der Waals surface area contributed by atoms with Crippen LogP contribution < -0.4 is 5.32 Å². The second kappa shape index (κ2) is 4.70. The molecule has 0 bridgehead atoms. The van der Waals surface area contributed by atoms with Gasteiger partial charge in [-0.05, 0) is 36.4 Å². The molecular formula is C15H13N3O2. The molecule has 0 atom stereocenters. The third-order valence-electron chi connectivity index (χ3n) is 2.97. The summed E-state index contributed by atoms with van der Waals surface area (Å²) >= 11 is 0. The van der Waals surface area contributed by atoms with E-state index < -0.39 is 0 Å². The molecule has 5 nitrogen and oxygen atoms in total. The van der Waals surface area contributed by atoms with E-state index in [0.717, 1.165) is 16.9 Å². The molecule has 5 heteroatoms. The Hall–Kier alpha value is -2.82. The number of carbonyl (C=O) groups excluding carboxylic acids is 1. The van der Waals surface area contributed by atoms with Crippen molar-refractivity contribution in [2.75, 3.05) is 5.32 Å². The molecule has 0 radical (unpaired) electrons. The number of imidazole rings is 1. The summed E-state index contributed by atoms with van der Waals surface area (Å²) in [5.74, 6) is 0.534. The second-order valence-corrected chi connectivity index (χ2v) is 4.47. The van der Waals surface area contributed by atoms with Crippen LogP contribution in [-0.4, -0.2) is 20.4 Å².